The van der Waals surface area contributed by atoms with Crippen molar-refractivity contribution in [1.82, 2.24) is 0 Å². The molecule has 0 aromatic heterocycles. The number of carbonyl (C=O) groups excluding carboxylic acids is 2. The molecule has 92 valence electrons. The lowest BCUT2D eigenvalue weighted by Crippen LogP contribution is -2.25. The molecule has 0 fully saturated rings. The van der Waals surface area contributed by atoms with E-state index in [2.05, 4.69) is 15.3 Å². The molecule has 18 heavy (non-hydrogen) atoms. The third-order valence-electron chi connectivity index (χ3n) is 2.50. The molecular weight excluding hydrogens is 236 g/mol. The first-order valence-corrected chi connectivity index (χ1v) is 5.27. The normalized spacial score (nSPS) is 14.6. The number of nitrogens with one attached hydrogen (secondary N) is 1. The Morgan fingerprint density at radius 1 is 1.61 bits per heavy atom. The van der Waals surface area contributed by atoms with Gasteiger partial charge in [0.05, 0.1) is 11.7 Å². The third-order valence-corrected chi connectivity index (χ3v) is 2.50. The zero-order valence-corrected chi connectivity index (χ0v) is 9.58. The van der Waals surface area contributed by atoms with Crippen molar-refractivity contribution in [3.63, 3.8) is 0 Å². The summed E-state index contributed by atoms with van der Waals surface area (Å²) in [4.78, 5) is 25.6. The van der Waals surface area contributed by atoms with Gasteiger partial charge in [-0.25, -0.2) is 0 Å². The monoisotopic (exact) mass is 246 g/mol. The minimum atomic E-state index is -0.784. The van der Waals surface area contributed by atoms with Crippen LogP contribution in [-0.4, -0.2) is 24.3 Å². The molecule has 7 heteroatoms. The number of azide groups is 1. The molecule has 0 bridgehead atoms. The fraction of sp³-hybridized carbons (Fsp3) is 0.273. The van der Waals surface area contributed by atoms with Gasteiger partial charge in [-0.1, -0.05) is 5.11 Å². The van der Waals surface area contributed by atoms with E-state index >= 15 is 0 Å². The van der Waals surface area contributed by atoms with Gasteiger partial charge in [0.15, 0.2) is 12.4 Å². The molecule has 1 unspecified atom stereocenters. The number of hydrogen-bond donors (Lipinski definition) is 1. The number of rotatable bonds is 3. The summed E-state index contributed by atoms with van der Waals surface area (Å²) in [5, 5.41) is 5.95. The maximum atomic E-state index is 11.9. The van der Waals surface area contributed by atoms with E-state index in [1.165, 1.54) is 13.0 Å². The molecule has 1 heterocycles. The number of nitrogens with zero attached hydrogens (tertiary/aromatic N) is 3. The zero-order valence-electron chi connectivity index (χ0n) is 9.58. The average Bonchev–Trinajstić information content (AvgIpc) is 2.37. The molecule has 1 atom stereocenters. The van der Waals surface area contributed by atoms with Crippen LogP contribution in [0.5, 0.6) is 5.75 Å². The lowest BCUT2D eigenvalue weighted by molar-refractivity contribution is -0.118. The number of Topliss-reactive ketones (excluding diaryl/α,β-unsaturated/α-hetero) is 1. The van der Waals surface area contributed by atoms with Gasteiger partial charge in [0.25, 0.3) is 5.91 Å². The van der Waals surface area contributed by atoms with Crippen LogP contribution < -0.4 is 10.1 Å². The van der Waals surface area contributed by atoms with Gasteiger partial charge < -0.3 is 10.1 Å². The molecule has 0 radical (unpaired) electrons. The van der Waals surface area contributed by atoms with Crippen molar-refractivity contribution in [2.24, 2.45) is 5.11 Å². The van der Waals surface area contributed by atoms with Crippen molar-refractivity contribution in [2.75, 3.05) is 11.9 Å². The maximum absolute atomic E-state index is 11.9. The van der Waals surface area contributed by atoms with E-state index in [1.54, 1.807) is 12.1 Å². The van der Waals surface area contributed by atoms with E-state index in [0.717, 1.165) is 0 Å². The molecule has 1 amide bonds. The fourth-order valence-corrected chi connectivity index (χ4v) is 1.61. The van der Waals surface area contributed by atoms with Crippen LogP contribution in [0.3, 0.4) is 0 Å². The van der Waals surface area contributed by atoms with Crippen LogP contribution in [0.4, 0.5) is 5.69 Å². The quantitative estimate of drug-likeness (QED) is 0.381. The minimum Gasteiger partial charge on any atom is -0.482 e. The molecule has 1 aliphatic heterocycles. The Labute approximate surface area is 102 Å². The Morgan fingerprint density at radius 2 is 2.39 bits per heavy atom. The predicted octanol–water partition coefficient (Wildman–Crippen LogP) is 1.90. The van der Waals surface area contributed by atoms with Crippen molar-refractivity contribution in [2.45, 2.75) is 13.0 Å². The number of fused-ring (bicyclic) bond motifs is 1. The van der Waals surface area contributed by atoms with Crippen molar-refractivity contribution in [3.8, 4) is 5.75 Å². The van der Waals surface area contributed by atoms with Gasteiger partial charge >= 0.3 is 0 Å². The first kappa shape index (κ1) is 11.9. The number of carbonyl (C=O) groups is 2. The topological polar surface area (TPSA) is 104 Å². The van der Waals surface area contributed by atoms with Crippen LogP contribution in [-0.2, 0) is 4.79 Å². The number of ketones is 1. The Bertz CT molecular complexity index is 563. The van der Waals surface area contributed by atoms with Gasteiger partial charge in [-0.3, -0.25) is 9.59 Å². The number of ether oxygens (including phenoxy) is 1. The van der Waals surface area contributed by atoms with Crippen LogP contribution in [0.1, 0.15) is 17.3 Å². The summed E-state index contributed by atoms with van der Waals surface area (Å²) in [6.07, 6.45) is 0. The van der Waals surface area contributed by atoms with Crippen molar-refractivity contribution in [1.29, 1.82) is 0 Å². The molecule has 2 rings (SSSR count). The number of benzene rings is 1. The fourth-order valence-electron chi connectivity index (χ4n) is 1.61. The summed E-state index contributed by atoms with van der Waals surface area (Å²) < 4.78 is 5.17. The molecule has 0 saturated heterocycles. The molecule has 0 saturated carbocycles. The summed E-state index contributed by atoms with van der Waals surface area (Å²) in [6.45, 7) is 1.48. The Hall–Kier alpha value is -2.53. The smallest absolute Gasteiger partial charge is 0.262 e. The molecule has 7 nitrogen and oxygen atoms in total. The Morgan fingerprint density at radius 3 is 3.11 bits per heavy atom. The Balaban J connectivity index is 2.31. The highest BCUT2D eigenvalue weighted by molar-refractivity contribution is 6.03. The van der Waals surface area contributed by atoms with Crippen LogP contribution in [0.15, 0.2) is 23.3 Å². The summed E-state index contributed by atoms with van der Waals surface area (Å²) in [5.41, 5.74) is 9.10. The van der Waals surface area contributed by atoms with E-state index in [1.807, 2.05) is 0 Å². The zero-order chi connectivity index (χ0) is 13.1. The highest BCUT2D eigenvalue weighted by Crippen LogP contribution is 2.28. The molecule has 1 aromatic rings. The lowest BCUT2D eigenvalue weighted by Gasteiger charge is -2.18. The molecule has 1 N–H and O–H groups in total. The van der Waals surface area contributed by atoms with Crippen LogP contribution in [0.25, 0.3) is 10.4 Å². The van der Waals surface area contributed by atoms with Gasteiger partial charge in [-0.15, -0.1) is 0 Å². The van der Waals surface area contributed by atoms with Crippen molar-refractivity contribution >= 4 is 17.4 Å². The Kier molecular flexibility index (Phi) is 3.16. The first-order valence-electron chi connectivity index (χ1n) is 5.27. The largest absolute Gasteiger partial charge is 0.482 e. The molecular formula is C11H10N4O3. The first-order chi connectivity index (χ1) is 8.61. The maximum Gasteiger partial charge on any atom is 0.262 e. The van der Waals surface area contributed by atoms with Gasteiger partial charge in [0.2, 0.25) is 0 Å². The average molecular weight is 246 g/mol. The summed E-state index contributed by atoms with van der Waals surface area (Å²) >= 11 is 0. The van der Waals surface area contributed by atoms with Gasteiger partial charge in [0, 0.05) is 10.5 Å². The van der Waals surface area contributed by atoms with Crippen LogP contribution in [0, 0.1) is 0 Å². The predicted molar refractivity (Wildman–Crippen MR) is 63.5 cm³/mol. The number of anilines is 1. The van der Waals surface area contributed by atoms with Gasteiger partial charge in [-0.05, 0) is 30.7 Å². The second-order valence-electron chi connectivity index (χ2n) is 3.79. The van der Waals surface area contributed by atoms with Crippen LogP contribution >= 0.6 is 0 Å². The van der Waals surface area contributed by atoms with Crippen LogP contribution in [0.2, 0.25) is 0 Å². The summed E-state index contributed by atoms with van der Waals surface area (Å²) in [6, 6.07) is 3.90. The van der Waals surface area contributed by atoms with Gasteiger partial charge in [0.1, 0.15) is 5.75 Å². The van der Waals surface area contributed by atoms with E-state index in [-0.39, 0.29) is 18.3 Å². The van der Waals surface area contributed by atoms with E-state index < -0.39 is 6.04 Å². The standard InChI is InChI=1S/C11H10N4O3/c1-6(14-15-12)11(17)7-2-3-9-8(4-7)13-10(16)5-18-9/h2-4,6H,5H2,1H3,(H,13,16). The SMILES string of the molecule is CC(N=[N+]=[N-])C(=O)c1ccc2c(c1)NC(=O)CO2. The van der Waals surface area contributed by atoms with Crippen molar-refractivity contribution in [3.05, 3.63) is 34.2 Å². The highest BCUT2D eigenvalue weighted by atomic mass is 16.5. The molecule has 1 aliphatic rings. The summed E-state index contributed by atoms with van der Waals surface area (Å²) in [7, 11) is 0. The number of hydrogen-bond acceptors (Lipinski definition) is 4. The second kappa shape index (κ2) is 4.77. The highest BCUT2D eigenvalue weighted by Gasteiger charge is 2.19. The van der Waals surface area contributed by atoms with Crippen molar-refractivity contribution < 1.29 is 14.3 Å². The van der Waals surface area contributed by atoms with E-state index in [0.29, 0.717) is 17.0 Å². The third kappa shape index (κ3) is 2.26. The lowest BCUT2D eigenvalue weighted by atomic mass is 10.0. The number of amides is 1. The van der Waals surface area contributed by atoms with E-state index in [9.17, 15) is 9.59 Å². The molecule has 0 aliphatic carbocycles. The minimum absolute atomic E-state index is 0.0323. The molecule has 1 aromatic carbocycles. The summed E-state index contributed by atoms with van der Waals surface area (Å²) in [5.74, 6) is -0.0618. The molecule has 0 spiro atoms. The second-order valence-corrected chi connectivity index (χ2v) is 3.79. The van der Waals surface area contributed by atoms with Gasteiger partial charge in [-0.2, -0.15) is 0 Å². The van der Waals surface area contributed by atoms with E-state index in [4.69, 9.17) is 10.3 Å².